The van der Waals surface area contributed by atoms with Gasteiger partial charge in [0.25, 0.3) is 10.1 Å². The Morgan fingerprint density at radius 3 is 1.95 bits per heavy atom. The SMILES string of the molecule is CCC(CC)(OS(=O)(=O)c1ccc(C)cc1)P(=O)(O)O. The van der Waals surface area contributed by atoms with Crippen molar-refractivity contribution in [1.29, 1.82) is 0 Å². The zero-order chi connectivity index (χ0) is 15.6. The highest BCUT2D eigenvalue weighted by Gasteiger charge is 2.49. The summed E-state index contributed by atoms with van der Waals surface area (Å²) in [7, 11) is -8.97. The molecule has 8 heteroatoms. The van der Waals surface area contributed by atoms with E-state index in [1.165, 1.54) is 26.0 Å². The molecule has 1 rings (SSSR count). The third-order valence-electron chi connectivity index (χ3n) is 3.21. The van der Waals surface area contributed by atoms with Crippen LogP contribution < -0.4 is 0 Å². The van der Waals surface area contributed by atoms with Crippen LogP contribution in [0.25, 0.3) is 0 Å². The average molecular weight is 322 g/mol. The predicted molar refractivity (Wildman–Crippen MR) is 74.8 cm³/mol. The molecule has 0 aliphatic rings. The van der Waals surface area contributed by atoms with Gasteiger partial charge in [0, 0.05) is 0 Å². The van der Waals surface area contributed by atoms with E-state index in [4.69, 9.17) is 4.18 Å². The lowest BCUT2D eigenvalue weighted by atomic mass is 10.2. The van der Waals surface area contributed by atoms with Gasteiger partial charge in [0.05, 0.1) is 4.90 Å². The highest BCUT2D eigenvalue weighted by atomic mass is 32.2. The van der Waals surface area contributed by atoms with Crippen molar-refractivity contribution in [3.63, 3.8) is 0 Å². The first-order chi connectivity index (χ1) is 9.08. The van der Waals surface area contributed by atoms with Crippen LogP contribution in [0.2, 0.25) is 0 Å². The first-order valence-corrected chi connectivity index (χ1v) is 9.18. The number of rotatable bonds is 6. The normalized spacial score (nSPS) is 13.4. The van der Waals surface area contributed by atoms with Gasteiger partial charge in [0.2, 0.25) is 0 Å². The van der Waals surface area contributed by atoms with E-state index in [2.05, 4.69) is 0 Å². The smallest absolute Gasteiger partial charge is 0.322 e. The van der Waals surface area contributed by atoms with Gasteiger partial charge in [-0.15, -0.1) is 0 Å². The van der Waals surface area contributed by atoms with E-state index in [1.54, 1.807) is 19.1 Å². The van der Waals surface area contributed by atoms with Gasteiger partial charge in [-0.05, 0) is 31.9 Å². The van der Waals surface area contributed by atoms with Crippen molar-refractivity contribution in [1.82, 2.24) is 0 Å². The van der Waals surface area contributed by atoms with Gasteiger partial charge in [-0.3, -0.25) is 4.57 Å². The van der Waals surface area contributed by atoms with Crippen LogP contribution in [0.15, 0.2) is 29.2 Å². The summed E-state index contributed by atoms with van der Waals surface area (Å²) in [5, 5.41) is -2.02. The molecule has 0 saturated carbocycles. The molecule has 0 saturated heterocycles. The quantitative estimate of drug-likeness (QED) is 0.616. The molecule has 0 atom stereocenters. The van der Waals surface area contributed by atoms with Gasteiger partial charge in [-0.25, -0.2) is 4.18 Å². The van der Waals surface area contributed by atoms with E-state index in [9.17, 15) is 22.8 Å². The second-order valence-electron chi connectivity index (χ2n) is 4.55. The van der Waals surface area contributed by atoms with Crippen molar-refractivity contribution in [2.24, 2.45) is 0 Å². The van der Waals surface area contributed by atoms with Crippen LogP contribution in [0, 0.1) is 6.92 Å². The molecule has 2 N–H and O–H groups in total. The minimum absolute atomic E-state index is 0.112. The highest BCUT2D eigenvalue weighted by Crippen LogP contribution is 2.56. The minimum Gasteiger partial charge on any atom is -0.322 e. The topological polar surface area (TPSA) is 101 Å². The predicted octanol–water partition coefficient (Wildman–Crippen LogP) is 2.39. The van der Waals surface area contributed by atoms with Crippen LogP contribution in [0.1, 0.15) is 32.3 Å². The average Bonchev–Trinajstić information content (AvgIpc) is 2.35. The fourth-order valence-electron chi connectivity index (χ4n) is 1.79. The zero-order valence-electron chi connectivity index (χ0n) is 11.6. The molecule has 0 heterocycles. The lowest BCUT2D eigenvalue weighted by Gasteiger charge is -2.31. The third-order valence-corrected chi connectivity index (χ3v) is 6.51. The van der Waals surface area contributed by atoms with Crippen molar-refractivity contribution in [2.75, 3.05) is 0 Å². The summed E-state index contributed by atoms with van der Waals surface area (Å²) in [6.45, 7) is 4.76. The van der Waals surface area contributed by atoms with Gasteiger partial charge in [0.15, 0.2) is 5.34 Å². The maximum absolute atomic E-state index is 12.2. The molecule has 114 valence electrons. The third kappa shape index (κ3) is 3.48. The Morgan fingerprint density at radius 1 is 1.15 bits per heavy atom. The summed E-state index contributed by atoms with van der Waals surface area (Å²) in [4.78, 5) is 18.7. The van der Waals surface area contributed by atoms with E-state index in [0.717, 1.165) is 5.56 Å². The Morgan fingerprint density at radius 2 is 1.60 bits per heavy atom. The number of hydrogen-bond acceptors (Lipinski definition) is 4. The van der Waals surface area contributed by atoms with Crippen LogP contribution in [0.4, 0.5) is 0 Å². The van der Waals surface area contributed by atoms with E-state index in [1.807, 2.05) is 0 Å². The van der Waals surface area contributed by atoms with Gasteiger partial charge in [-0.1, -0.05) is 31.5 Å². The first-order valence-electron chi connectivity index (χ1n) is 6.16. The summed E-state index contributed by atoms with van der Waals surface area (Å²) in [6, 6.07) is 5.88. The summed E-state index contributed by atoms with van der Waals surface area (Å²) in [5.74, 6) is 0. The second-order valence-corrected chi connectivity index (χ2v) is 8.00. The largest absolute Gasteiger partial charge is 0.358 e. The summed E-state index contributed by atoms with van der Waals surface area (Å²) in [5.41, 5.74) is 0.871. The highest BCUT2D eigenvalue weighted by molar-refractivity contribution is 7.87. The molecule has 6 nitrogen and oxygen atoms in total. The van der Waals surface area contributed by atoms with Gasteiger partial charge >= 0.3 is 7.60 Å². The van der Waals surface area contributed by atoms with Crippen molar-refractivity contribution < 1.29 is 27.0 Å². The Labute approximate surface area is 119 Å². The fourth-order valence-corrected chi connectivity index (χ4v) is 4.50. The summed E-state index contributed by atoms with van der Waals surface area (Å²) < 4.78 is 40.8. The summed E-state index contributed by atoms with van der Waals surface area (Å²) >= 11 is 0. The second kappa shape index (κ2) is 5.95. The Hall–Kier alpha value is -0.720. The molecule has 0 spiro atoms. The van der Waals surface area contributed by atoms with Gasteiger partial charge in [0.1, 0.15) is 0 Å². The number of benzene rings is 1. The first kappa shape index (κ1) is 17.3. The van der Waals surface area contributed by atoms with Gasteiger partial charge < -0.3 is 9.79 Å². The molecule has 20 heavy (non-hydrogen) atoms. The number of aryl methyl sites for hydroxylation is 1. The van der Waals surface area contributed by atoms with Crippen molar-refractivity contribution >= 4 is 17.7 Å². The molecule has 0 fully saturated rings. The molecule has 0 amide bonds. The molecule has 0 aliphatic carbocycles. The van der Waals surface area contributed by atoms with Crippen molar-refractivity contribution in [3.05, 3.63) is 29.8 Å². The molecular formula is C12H19O6PS. The molecular weight excluding hydrogens is 303 g/mol. The molecule has 0 aliphatic heterocycles. The Kier molecular flexibility index (Phi) is 5.16. The van der Waals surface area contributed by atoms with Crippen LogP contribution >= 0.6 is 7.60 Å². The van der Waals surface area contributed by atoms with Crippen LogP contribution in [0.3, 0.4) is 0 Å². The lowest BCUT2D eigenvalue weighted by Crippen LogP contribution is -2.33. The monoisotopic (exact) mass is 322 g/mol. The van der Waals surface area contributed by atoms with Crippen LogP contribution in [-0.2, 0) is 18.9 Å². The molecule has 1 aromatic carbocycles. The molecule has 1 aromatic rings. The van der Waals surface area contributed by atoms with E-state index < -0.39 is 23.1 Å². The molecule has 0 unspecified atom stereocenters. The molecule has 0 aromatic heterocycles. The van der Waals surface area contributed by atoms with E-state index >= 15 is 0 Å². The van der Waals surface area contributed by atoms with Crippen molar-refractivity contribution in [2.45, 2.75) is 43.9 Å². The van der Waals surface area contributed by atoms with Gasteiger partial charge in [-0.2, -0.15) is 8.42 Å². The fraction of sp³-hybridized carbons (Fsp3) is 0.500. The lowest BCUT2D eigenvalue weighted by molar-refractivity contribution is 0.115. The minimum atomic E-state index is -4.73. The maximum Gasteiger partial charge on any atom is 0.358 e. The molecule has 0 bridgehead atoms. The van der Waals surface area contributed by atoms with Crippen molar-refractivity contribution in [3.8, 4) is 0 Å². The van der Waals surface area contributed by atoms with E-state index in [0.29, 0.717) is 0 Å². The number of hydrogen-bond donors (Lipinski definition) is 2. The maximum atomic E-state index is 12.2. The summed E-state index contributed by atoms with van der Waals surface area (Å²) in [6.07, 6.45) is -0.224. The Bertz CT molecular complexity index is 597. The van der Waals surface area contributed by atoms with Crippen LogP contribution in [0.5, 0.6) is 0 Å². The molecule has 0 radical (unpaired) electrons. The Balaban J connectivity index is 3.23. The standard InChI is InChI=1S/C12H19O6PS/c1-4-12(5-2,19(13,14)15)18-20(16,17)11-8-6-10(3)7-9-11/h6-9H,4-5H2,1-3H3,(H2,13,14,15). The van der Waals surface area contributed by atoms with E-state index in [-0.39, 0.29) is 17.7 Å². The zero-order valence-corrected chi connectivity index (χ0v) is 13.3. The van der Waals surface area contributed by atoms with Crippen LogP contribution in [-0.4, -0.2) is 23.5 Å².